The van der Waals surface area contributed by atoms with Crippen LogP contribution in [0.2, 0.25) is 0 Å². The highest BCUT2D eigenvalue weighted by Crippen LogP contribution is 2.24. The molecule has 0 saturated heterocycles. The third-order valence-electron chi connectivity index (χ3n) is 5.00. The monoisotopic (exact) mass is 443 g/mol. The van der Waals surface area contributed by atoms with Crippen molar-refractivity contribution >= 4 is 38.5 Å². The fourth-order valence-corrected chi connectivity index (χ4v) is 4.08. The largest absolute Gasteiger partial charge is 0.449 e. The van der Waals surface area contributed by atoms with Crippen molar-refractivity contribution in [1.82, 2.24) is 9.29 Å². The highest BCUT2D eigenvalue weighted by molar-refractivity contribution is 7.89. The molecular weight excluding hydrogens is 418 g/mol. The number of aryl methyl sites for hydroxylation is 2. The van der Waals surface area contributed by atoms with Gasteiger partial charge < -0.3 is 15.0 Å². The lowest BCUT2D eigenvalue weighted by atomic mass is 10.1. The molecule has 2 N–H and O–H groups in total. The Kier molecular flexibility index (Phi) is 6.19. The second-order valence-electron chi connectivity index (χ2n) is 7.47. The van der Waals surface area contributed by atoms with E-state index in [9.17, 15) is 18.0 Å². The fraction of sp³-hybridized carbons (Fsp3) is 0.273. The molecule has 0 aliphatic rings. The Morgan fingerprint density at radius 1 is 1.10 bits per heavy atom. The lowest BCUT2D eigenvalue weighted by Gasteiger charge is -2.17. The van der Waals surface area contributed by atoms with Crippen LogP contribution in [-0.4, -0.2) is 49.8 Å². The molecule has 164 valence electrons. The molecule has 0 aliphatic heterocycles. The first-order chi connectivity index (χ1) is 14.5. The second kappa shape index (κ2) is 8.52. The zero-order valence-corrected chi connectivity index (χ0v) is 18.8. The molecule has 9 heteroatoms. The molecule has 3 aromatic rings. The van der Waals surface area contributed by atoms with Gasteiger partial charge in [-0.15, -0.1) is 0 Å². The molecule has 2 aromatic carbocycles. The summed E-state index contributed by atoms with van der Waals surface area (Å²) in [5.41, 5.74) is 2.84. The van der Waals surface area contributed by atoms with Gasteiger partial charge in [0.25, 0.3) is 5.91 Å². The van der Waals surface area contributed by atoms with Crippen LogP contribution in [-0.2, 0) is 19.6 Å². The summed E-state index contributed by atoms with van der Waals surface area (Å²) in [6, 6.07) is 11.8. The molecule has 0 spiro atoms. The van der Waals surface area contributed by atoms with Crippen molar-refractivity contribution in [3.8, 4) is 0 Å². The van der Waals surface area contributed by atoms with Crippen LogP contribution in [0.15, 0.2) is 47.4 Å². The van der Waals surface area contributed by atoms with Crippen LogP contribution in [0, 0.1) is 13.8 Å². The van der Waals surface area contributed by atoms with E-state index in [1.807, 2.05) is 18.2 Å². The number of H-pyrrole nitrogens is 1. The van der Waals surface area contributed by atoms with Gasteiger partial charge in [0.15, 0.2) is 6.10 Å². The average Bonchev–Trinajstić information content (AvgIpc) is 3.04. The normalized spacial score (nSPS) is 12.7. The smallest absolute Gasteiger partial charge is 0.341 e. The van der Waals surface area contributed by atoms with Crippen LogP contribution in [0.25, 0.3) is 10.9 Å². The first kappa shape index (κ1) is 22.5. The number of fused-ring (bicyclic) bond motifs is 1. The van der Waals surface area contributed by atoms with Crippen molar-refractivity contribution in [3.05, 3.63) is 59.3 Å². The number of aromatic nitrogens is 1. The number of amides is 1. The Morgan fingerprint density at radius 3 is 2.45 bits per heavy atom. The minimum Gasteiger partial charge on any atom is -0.449 e. The number of nitrogens with one attached hydrogen (secondary N) is 2. The van der Waals surface area contributed by atoms with E-state index < -0.39 is 28.0 Å². The standard InChI is InChI=1S/C22H25N3O5S/c1-13-10-11-16(31(28,29)25(4)5)12-19(13)24-21(26)15(3)30-22(27)20-14(2)23-18-9-7-6-8-17(18)20/h6-12,15,23H,1-5H3,(H,24,26)/t15-/m0/s1. The maximum atomic E-state index is 12.7. The Balaban J connectivity index is 1.78. The van der Waals surface area contributed by atoms with Gasteiger partial charge in [-0.1, -0.05) is 24.3 Å². The molecule has 0 fully saturated rings. The summed E-state index contributed by atoms with van der Waals surface area (Å²) < 4.78 is 31.2. The number of benzene rings is 2. The summed E-state index contributed by atoms with van der Waals surface area (Å²) in [6.45, 7) is 4.97. The number of aromatic amines is 1. The predicted octanol–water partition coefficient (Wildman–Crippen LogP) is 3.22. The quantitative estimate of drug-likeness (QED) is 0.569. The highest BCUT2D eigenvalue weighted by atomic mass is 32.2. The van der Waals surface area contributed by atoms with E-state index >= 15 is 0 Å². The van der Waals surface area contributed by atoms with Gasteiger partial charge in [0.2, 0.25) is 10.0 Å². The summed E-state index contributed by atoms with van der Waals surface area (Å²) in [7, 11) is -0.789. The van der Waals surface area contributed by atoms with Crippen LogP contribution in [0.3, 0.4) is 0 Å². The zero-order chi connectivity index (χ0) is 22.9. The van der Waals surface area contributed by atoms with E-state index in [0.29, 0.717) is 22.5 Å². The van der Waals surface area contributed by atoms with E-state index in [1.165, 1.54) is 33.2 Å². The van der Waals surface area contributed by atoms with Gasteiger partial charge in [-0.25, -0.2) is 17.5 Å². The Bertz CT molecular complexity index is 1260. The predicted molar refractivity (Wildman–Crippen MR) is 119 cm³/mol. The average molecular weight is 444 g/mol. The molecule has 0 saturated carbocycles. The number of rotatable bonds is 6. The summed E-state index contributed by atoms with van der Waals surface area (Å²) in [5, 5.41) is 3.37. The number of anilines is 1. The Hall–Kier alpha value is -3.17. The van der Waals surface area contributed by atoms with Crippen LogP contribution in [0.5, 0.6) is 0 Å². The number of nitrogens with zero attached hydrogens (tertiary/aromatic N) is 1. The van der Waals surface area contributed by atoms with E-state index in [0.717, 1.165) is 15.2 Å². The molecule has 1 aromatic heterocycles. The summed E-state index contributed by atoms with van der Waals surface area (Å²) >= 11 is 0. The number of carbonyl (C=O) groups is 2. The maximum absolute atomic E-state index is 12.7. The summed E-state index contributed by atoms with van der Waals surface area (Å²) in [5.74, 6) is -1.17. The van der Waals surface area contributed by atoms with Crippen LogP contribution in [0.1, 0.15) is 28.5 Å². The third kappa shape index (κ3) is 4.47. The van der Waals surface area contributed by atoms with Gasteiger partial charge in [0.1, 0.15) is 0 Å². The van der Waals surface area contributed by atoms with E-state index in [4.69, 9.17) is 4.74 Å². The number of ether oxygens (including phenoxy) is 1. The third-order valence-corrected chi connectivity index (χ3v) is 6.81. The van der Waals surface area contributed by atoms with Crippen molar-refractivity contribution in [2.24, 2.45) is 0 Å². The molecule has 0 bridgehead atoms. The molecule has 0 aliphatic carbocycles. The first-order valence-electron chi connectivity index (χ1n) is 9.64. The van der Waals surface area contributed by atoms with Crippen LogP contribution in [0.4, 0.5) is 5.69 Å². The molecular formula is C22H25N3O5S. The lowest BCUT2D eigenvalue weighted by molar-refractivity contribution is -0.123. The van der Waals surface area contributed by atoms with Gasteiger partial charge in [-0.2, -0.15) is 0 Å². The maximum Gasteiger partial charge on any atom is 0.341 e. The first-order valence-corrected chi connectivity index (χ1v) is 11.1. The second-order valence-corrected chi connectivity index (χ2v) is 9.62. The highest BCUT2D eigenvalue weighted by Gasteiger charge is 2.24. The minimum absolute atomic E-state index is 0.0532. The van der Waals surface area contributed by atoms with Crippen molar-refractivity contribution in [1.29, 1.82) is 0 Å². The number of carbonyl (C=O) groups excluding carboxylic acids is 2. The molecule has 31 heavy (non-hydrogen) atoms. The number of sulfonamides is 1. The number of para-hydroxylation sites is 1. The molecule has 3 rings (SSSR count). The Morgan fingerprint density at radius 2 is 1.77 bits per heavy atom. The van der Waals surface area contributed by atoms with Crippen molar-refractivity contribution in [2.45, 2.75) is 31.8 Å². The number of hydrogen-bond acceptors (Lipinski definition) is 5. The number of esters is 1. The van der Waals surface area contributed by atoms with E-state index in [2.05, 4.69) is 10.3 Å². The van der Waals surface area contributed by atoms with E-state index in [-0.39, 0.29) is 4.90 Å². The zero-order valence-electron chi connectivity index (χ0n) is 18.0. The summed E-state index contributed by atoms with van der Waals surface area (Å²) in [6.07, 6.45) is -1.09. The molecule has 0 unspecified atom stereocenters. The molecule has 8 nitrogen and oxygen atoms in total. The minimum atomic E-state index is -3.65. The van der Waals surface area contributed by atoms with Crippen LogP contribution < -0.4 is 5.32 Å². The van der Waals surface area contributed by atoms with Crippen molar-refractivity contribution < 1.29 is 22.7 Å². The van der Waals surface area contributed by atoms with Gasteiger partial charge in [-0.3, -0.25) is 4.79 Å². The molecule has 1 amide bonds. The topological polar surface area (TPSA) is 109 Å². The lowest BCUT2D eigenvalue weighted by Crippen LogP contribution is -2.30. The summed E-state index contributed by atoms with van der Waals surface area (Å²) in [4.78, 5) is 28.6. The number of hydrogen-bond donors (Lipinski definition) is 2. The molecule has 1 atom stereocenters. The van der Waals surface area contributed by atoms with Gasteiger partial charge in [0.05, 0.1) is 10.5 Å². The van der Waals surface area contributed by atoms with Gasteiger partial charge in [0, 0.05) is 36.4 Å². The Labute approximate surface area is 181 Å². The molecule has 1 heterocycles. The van der Waals surface area contributed by atoms with Crippen LogP contribution >= 0.6 is 0 Å². The molecule has 0 radical (unpaired) electrons. The van der Waals surface area contributed by atoms with E-state index in [1.54, 1.807) is 26.0 Å². The van der Waals surface area contributed by atoms with Gasteiger partial charge >= 0.3 is 5.97 Å². The fourth-order valence-electron chi connectivity index (χ4n) is 3.15. The van der Waals surface area contributed by atoms with Gasteiger partial charge in [-0.05, 0) is 44.5 Å². The SMILES string of the molecule is Cc1ccc(S(=O)(=O)N(C)C)cc1NC(=O)[C@H](C)OC(=O)c1c(C)[nH]c2ccccc12. The van der Waals surface area contributed by atoms with Crippen molar-refractivity contribution in [3.63, 3.8) is 0 Å². The van der Waals surface area contributed by atoms with Crippen molar-refractivity contribution in [2.75, 3.05) is 19.4 Å².